The first-order valence-electron chi connectivity index (χ1n) is 5.04. The molecule has 0 spiro atoms. The monoisotopic (exact) mass is 295 g/mol. The SMILES string of the molecule is CC(CCCl)S(=O)(=O)c1cc(F)ccc1[N+](=O)[O-]. The van der Waals surface area contributed by atoms with Crippen LogP contribution in [-0.4, -0.2) is 24.5 Å². The molecule has 0 amide bonds. The Morgan fingerprint density at radius 2 is 2.11 bits per heavy atom. The van der Waals surface area contributed by atoms with Gasteiger partial charge in [0.2, 0.25) is 0 Å². The minimum atomic E-state index is -3.97. The third-order valence-electron chi connectivity index (χ3n) is 2.47. The fourth-order valence-electron chi connectivity index (χ4n) is 1.39. The number of hydrogen-bond acceptors (Lipinski definition) is 4. The topological polar surface area (TPSA) is 77.3 Å². The molecule has 0 aromatic heterocycles. The van der Waals surface area contributed by atoms with Crippen molar-refractivity contribution in [3.63, 3.8) is 0 Å². The van der Waals surface area contributed by atoms with E-state index in [0.29, 0.717) is 6.07 Å². The Morgan fingerprint density at radius 1 is 1.50 bits per heavy atom. The van der Waals surface area contributed by atoms with Crippen LogP contribution in [-0.2, 0) is 9.84 Å². The van der Waals surface area contributed by atoms with Crippen molar-refractivity contribution in [2.75, 3.05) is 5.88 Å². The predicted octanol–water partition coefficient (Wildman–Crippen LogP) is 2.53. The Kier molecular flexibility index (Phi) is 4.64. The van der Waals surface area contributed by atoms with Gasteiger partial charge in [-0.15, -0.1) is 11.6 Å². The molecular weight excluding hydrogens is 285 g/mol. The van der Waals surface area contributed by atoms with Crippen LogP contribution in [0, 0.1) is 15.9 Å². The van der Waals surface area contributed by atoms with Gasteiger partial charge < -0.3 is 0 Å². The molecule has 1 rings (SSSR count). The second kappa shape index (κ2) is 5.62. The number of nitro groups is 1. The maximum atomic E-state index is 13.1. The van der Waals surface area contributed by atoms with Crippen LogP contribution in [0.5, 0.6) is 0 Å². The minimum Gasteiger partial charge on any atom is -0.258 e. The van der Waals surface area contributed by atoms with E-state index in [-0.39, 0.29) is 12.3 Å². The van der Waals surface area contributed by atoms with Gasteiger partial charge in [0.05, 0.1) is 10.2 Å². The first-order valence-corrected chi connectivity index (χ1v) is 7.12. The molecule has 18 heavy (non-hydrogen) atoms. The predicted molar refractivity (Wildman–Crippen MR) is 65.0 cm³/mol. The van der Waals surface area contributed by atoms with E-state index in [0.717, 1.165) is 12.1 Å². The first-order chi connectivity index (χ1) is 8.30. The highest BCUT2D eigenvalue weighted by Crippen LogP contribution is 2.28. The van der Waals surface area contributed by atoms with Gasteiger partial charge in [-0.3, -0.25) is 10.1 Å². The van der Waals surface area contributed by atoms with Crippen LogP contribution in [0.25, 0.3) is 0 Å². The molecule has 0 aliphatic heterocycles. The lowest BCUT2D eigenvalue weighted by atomic mass is 10.3. The molecule has 8 heteroatoms. The summed E-state index contributed by atoms with van der Waals surface area (Å²) in [6, 6.07) is 2.36. The molecule has 0 N–H and O–H groups in total. The van der Waals surface area contributed by atoms with Gasteiger partial charge in [-0.1, -0.05) is 0 Å². The van der Waals surface area contributed by atoms with Crippen LogP contribution < -0.4 is 0 Å². The van der Waals surface area contributed by atoms with Gasteiger partial charge in [0.15, 0.2) is 9.84 Å². The summed E-state index contributed by atoms with van der Waals surface area (Å²) in [5, 5.41) is 9.85. The molecule has 100 valence electrons. The summed E-state index contributed by atoms with van der Waals surface area (Å²) < 4.78 is 37.2. The average molecular weight is 296 g/mol. The van der Waals surface area contributed by atoms with Crippen molar-refractivity contribution in [1.82, 2.24) is 0 Å². The smallest absolute Gasteiger partial charge is 0.258 e. The highest BCUT2D eigenvalue weighted by molar-refractivity contribution is 7.92. The Morgan fingerprint density at radius 3 is 2.61 bits per heavy atom. The molecule has 0 saturated heterocycles. The second-order valence-electron chi connectivity index (χ2n) is 3.70. The molecule has 0 bridgehead atoms. The Bertz CT molecular complexity index is 561. The molecule has 0 heterocycles. The molecule has 1 unspecified atom stereocenters. The molecule has 5 nitrogen and oxygen atoms in total. The summed E-state index contributed by atoms with van der Waals surface area (Å²) in [7, 11) is -3.97. The Balaban J connectivity index is 3.39. The lowest BCUT2D eigenvalue weighted by molar-refractivity contribution is -0.387. The molecule has 0 fully saturated rings. The van der Waals surface area contributed by atoms with E-state index in [1.165, 1.54) is 6.92 Å². The highest BCUT2D eigenvalue weighted by Gasteiger charge is 2.30. The van der Waals surface area contributed by atoms with Gasteiger partial charge in [0.1, 0.15) is 10.7 Å². The first kappa shape index (κ1) is 14.8. The Labute approximate surface area is 109 Å². The van der Waals surface area contributed by atoms with Gasteiger partial charge in [-0.2, -0.15) is 0 Å². The number of nitrogens with zero attached hydrogens (tertiary/aromatic N) is 1. The summed E-state index contributed by atoms with van der Waals surface area (Å²) >= 11 is 5.45. The number of hydrogen-bond donors (Lipinski definition) is 0. The van der Waals surface area contributed by atoms with Crippen molar-refractivity contribution < 1.29 is 17.7 Å². The van der Waals surface area contributed by atoms with E-state index >= 15 is 0 Å². The van der Waals surface area contributed by atoms with E-state index in [1.807, 2.05) is 0 Å². The summed E-state index contributed by atoms with van der Waals surface area (Å²) in [6.07, 6.45) is 0.136. The number of sulfone groups is 1. The standard InChI is InChI=1S/C10H11ClFNO4S/c1-7(4-5-11)18(16,17)10-6-8(12)2-3-9(10)13(14)15/h2-3,6-7H,4-5H2,1H3. The zero-order valence-electron chi connectivity index (χ0n) is 9.47. The molecular formula is C10H11ClFNO4S. The lowest BCUT2D eigenvalue weighted by Crippen LogP contribution is -2.19. The van der Waals surface area contributed by atoms with Crippen LogP contribution >= 0.6 is 11.6 Å². The summed E-state index contributed by atoms with van der Waals surface area (Å²) in [6.45, 7) is 1.38. The lowest BCUT2D eigenvalue weighted by Gasteiger charge is -2.11. The second-order valence-corrected chi connectivity index (χ2v) is 6.41. The zero-order chi connectivity index (χ0) is 13.9. The van der Waals surface area contributed by atoms with Gasteiger partial charge in [0.25, 0.3) is 5.69 Å². The van der Waals surface area contributed by atoms with Crippen molar-refractivity contribution in [2.45, 2.75) is 23.5 Å². The van der Waals surface area contributed by atoms with Crippen LogP contribution in [0.2, 0.25) is 0 Å². The number of alkyl halides is 1. The van der Waals surface area contributed by atoms with E-state index in [2.05, 4.69) is 0 Å². The maximum Gasteiger partial charge on any atom is 0.288 e. The zero-order valence-corrected chi connectivity index (χ0v) is 11.0. The van der Waals surface area contributed by atoms with E-state index in [4.69, 9.17) is 11.6 Å². The molecule has 0 aliphatic rings. The third kappa shape index (κ3) is 2.97. The summed E-state index contributed by atoms with van der Waals surface area (Å²) in [5.41, 5.74) is -0.627. The van der Waals surface area contributed by atoms with Crippen molar-refractivity contribution in [3.8, 4) is 0 Å². The van der Waals surface area contributed by atoms with Crippen LogP contribution in [0.3, 0.4) is 0 Å². The van der Waals surface area contributed by atoms with Crippen LogP contribution in [0.1, 0.15) is 13.3 Å². The molecule has 0 aliphatic carbocycles. The summed E-state index contributed by atoms with van der Waals surface area (Å²) in [5.74, 6) is -0.735. The largest absolute Gasteiger partial charge is 0.288 e. The van der Waals surface area contributed by atoms with Gasteiger partial charge in [0, 0.05) is 11.9 Å². The third-order valence-corrected chi connectivity index (χ3v) is 4.92. The molecule has 0 radical (unpaired) electrons. The fraction of sp³-hybridized carbons (Fsp3) is 0.400. The molecule has 1 atom stereocenters. The maximum absolute atomic E-state index is 13.1. The van der Waals surface area contributed by atoms with Crippen molar-refractivity contribution in [3.05, 3.63) is 34.1 Å². The van der Waals surface area contributed by atoms with Gasteiger partial charge in [-0.05, 0) is 25.5 Å². The quantitative estimate of drug-likeness (QED) is 0.475. The number of rotatable bonds is 5. The minimum absolute atomic E-state index is 0.101. The van der Waals surface area contributed by atoms with Gasteiger partial charge >= 0.3 is 0 Å². The Hall–Kier alpha value is -1.21. The number of halogens is 2. The number of nitro benzene ring substituents is 1. The molecule has 1 aromatic rings. The highest BCUT2D eigenvalue weighted by atomic mass is 35.5. The fourth-order valence-corrected chi connectivity index (χ4v) is 3.42. The molecule has 1 aromatic carbocycles. The molecule has 0 saturated carbocycles. The normalized spacial score (nSPS) is 13.3. The van der Waals surface area contributed by atoms with Gasteiger partial charge in [-0.25, -0.2) is 12.8 Å². The van der Waals surface area contributed by atoms with E-state index in [1.54, 1.807) is 0 Å². The number of benzene rings is 1. The van der Waals surface area contributed by atoms with E-state index < -0.39 is 36.4 Å². The van der Waals surface area contributed by atoms with E-state index in [9.17, 15) is 22.9 Å². The van der Waals surface area contributed by atoms with Crippen molar-refractivity contribution in [2.24, 2.45) is 0 Å². The average Bonchev–Trinajstić information content (AvgIpc) is 2.28. The van der Waals surface area contributed by atoms with Crippen molar-refractivity contribution >= 4 is 27.1 Å². The van der Waals surface area contributed by atoms with Crippen LogP contribution in [0.4, 0.5) is 10.1 Å². The summed E-state index contributed by atoms with van der Waals surface area (Å²) in [4.78, 5) is 9.30. The van der Waals surface area contributed by atoms with Crippen molar-refractivity contribution in [1.29, 1.82) is 0 Å². The van der Waals surface area contributed by atoms with Crippen LogP contribution in [0.15, 0.2) is 23.1 Å².